The second-order valence-electron chi connectivity index (χ2n) is 12.7. The Morgan fingerprint density at radius 3 is 2.26 bits per heavy atom. The number of methoxy groups -OCH3 is 1. The van der Waals surface area contributed by atoms with E-state index in [0.29, 0.717) is 29.7 Å². The number of aliphatic hydroxyl groups excluding tert-OH is 1. The van der Waals surface area contributed by atoms with Crippen molar-refractivity contribution in [3.8, 4) is 22.8 Å². The molecule has 8 nitrogen and oxygen atoms in total. The van der Waals surface area contributed by atoms with Crippen LogP contribution in [0.15, 0.2) is 84.9 Å². The first-order chi connectivity index (χ1) is 23.6. The number of aromatic nitrogens is 1. The average Bonchev–Trinajstić information content (AvgIpc) is 3.10. The number of ether oxygens (including phenoxy) is 2. The number of halogens is 4. The topological polar surface area (TPSA) is 109 Å². The highest BCUT2D eigenvalue weighted by Crippen LogP contribution is 2.46. The van der Waals surface area contributed by atoms with E-state index in [9.17, 15) is 37.4 Å². The third-order valence-corrected chi connectivity index (χ3v) is 9.16. The molecule has 1 aliphatic rings. The van der Waals surface area contributed by atoms with Gasteiger partial charge in [0.2, 0.25) is 5.60 Å². The molecule has 0 saturated carbocycles. The van der Waals surface area contributed by atoms with Crippen LogP contribution in [0.5, 0.6) is 11.5 Å². The number of carbonyl (C=O) groups is 2. The molecule has 12 heteroatoms. The fraction of sp³-hybridized carbons (Fsp3) is 0.342. The molecule has 3 aromatic carbocycles. The maximum atomic E-state index is 14.9. The van der Waals surface area contributed by atoms with Gasteiger partial charge in [0.05, 0.1) is 31.1 Å². The minimum Gasteiger partial charge on any atom is -0.493 e. The van der Waals surface area contributed by atoms with E-state index in [1.54, 1.807) is 43.3 Å². The summed E-state index contributed by atoms with van der Waals surface area (Å²) in [6, 6.07) is 20.6. The lowest BCUT2D eigenvalue weighted by atomic mass is 9.77. The van der Waals surface area contributed by atoms with Gasteiger partial charge in [-0.2, -0.15) is 13.2 Å². The molecule has 264 valence electrons. The van der Waals surface area contributed by atoms with Crippen molar-refractivity contribution in [2.75, 3.05) is 26.8 Å². The number of hydrogen-bond donors (Lipinski definition) is 2. The molecule has 0 bridgehead atoms. The number of nitrogens with zero attached hydrogens (tertiary/aromatic N) is 2. The molecular formula is C38H38F4N2O6. The maximum Gasteiger partial charge on any atom is 0.422 e. The van der Waals surface area contributed by atoms with Crippen LogP contribution in [0.4, 0.5) is 17.6 Å². The van der Waals surface area contributed by atoms with Gasteiger partial charge in [0.25, 0.3) is 0 Å². The number of likely N-dealkylation sites (tertiary alicyclic amines) is 1. The van der Waals surface area contributed by atoms with E-state index in [4.69, 9.17) is 9.47 Å². The van der Waals surface area contributed by atoms with Gasteiger partial charge in [-0.15, -0.1) is 0 Å². The van der Waals surface area contributed by atoms with Crippen LogP contribution in [0.3, 0.4) is 0 Å². The highest BCUT2D eigenvalue weighted by atomic mass is 19.4. The molecule has 3 atom stereocenters. The Kier molecular flexibility index (Phi) is 10.8. The lowest BCUT2D eigenvalue weighted by Gasteiger charge is -2.51. The Morgan fingerprint density at radius 1 is 0.960 bits per heavy atom. The Balaban J connectivity index is 1.49. The predicted octanol–water partition coefficient (Wildman–Crippen LogP) is 6.87. The summed E-state index contributed by atoms with van der Waals surface area (Å²) in [5.74, 6) is -1.03. The molecule has 0 amide bonds. The molecule has 2 heterocycles. The number of Topliss-reactive ketones (excluding diaryl/α,β-unsaturated/α-hetero) is 2. The summed E-state index contributed by atoms with van der Waals surface area (Å²) in [5.41, 5.74) is -3.89. The van der Waals surface area contributed by atoms with Crippen LogP contribution in [-0.2, 0) is 11.1 Å². The largest absolute Gasteiger partial charge is 0.493 e. The Morgan fingerprint density at radius 2 is 1.66 bits per heavy atom. The summed E-state index contributed by atoms with van der Waals surface area (Å²) < 4.78 is 69.4. The molecule has 0 spiro atoms. The minimum absolute atomic E-state index is 0.00834. The molecule has 1 fully saturated rings. The van der Waals surface area contributed by atoms with Crippen molar-refractivity contribution < 1.29 is 46.8 Å². The standard InChI is InChI=1S/C38H38F4N2O6/c1-24(45)23-50-33-14-11-27(19-34(33)49-3)31(46)15-16-37(48,38(40,41)42)35-21-28(20-30(43-35)25-9-12-29(39)13-10-25)36(2)17-18-44(36)22-32(47)26-7-5-4-6-8-26/h4-14,19-21,24,45,48H,15-18,22-23H2,1-3H3/t24-,36?,37?/m1/s1. The van der Waals surface area contributed by atoms with E-state index in [-0.39, 0.29) is 41.7 Å². The van der Waals surface area contributed by atoms with Gasteiger partial charge in [-0.1, -0.05) is 30.3 Å². The molecule has 0 aliphatic carbocycles. The van der Waals surface area contributed by atoms with Gasteiger partial charge in [0, 0.05) is 35.2 Å². The van der Waals surface area contributed by atoms with Crippen LogP contribution in [-0.4, -0.2) is 70.7 Å². The second kappa shape index (κ2) is 14.7. The van der Waals surface area contributed by atoms with E-state index >= 15 is 0 Å². The van der Waals surface area contributed by atoms with Gasteiger partial charge in [0.1, 0.15) is 12.4 Å². The minimum atomic E-state index is -5.25. The summed E-state index contributed by atoms with van der Waals surface area (Å²) in [4.78, 5) is 32.5. The Hall–Kier alpha value is -4.65. The van der Waals surface area contributed by atoms with Crippen molar-refractivity contribution in [2.45, 2.75) is 56.5 Å². The van der Waals surface area contributed by atoms with Crippen LogP contribution in [0, 0.1) is 5.82 Å². The number of rotatable bonds is 14. The first-order valence-corrected chi connectivity index (χ1v) is 16.1. The smallest absolute Gasteiger partial charge is 0.422 e. The van der Waals surface area contributed by atoms with Crippen molar-refractivity contribution in [1.82, 2.24) is 9.88 Å². The molecule has 0 radical (unpaired) electrons. The SMILES string of the molecule is COc1cc(C(=O)CCC(O)(c2cc(C3(C)CCN3CC(=O)c3ccccc3)cc(-c3ccc(F)cc3)n2)C(F)(F)F)ccc1OC[C@@H](C)O. The summed E-state index contributed by atoms with van der Waals surface area (Å²) in [6.07, 6.45) is -7.28. The molecule has 2 N–H and O–H groups in total. The summed E-state index contributed by atoms with van der Waals surface area (Å²) in [6.45, 7) is 3.79. The van der Waals surface area contributed by atoms with E-state index in [1.807, 2.05) is 4.90 Å². The number of aliphatic hydroxyl groups is 2. The number of hydrogen-bond acceptors (Lipinski definition) is 8. The van der Waals surface area contributed by atoms with Crippen molar-refractivity contribution >= 4 is 11.6 Å². The van der Waals surface area contributed by atoms with Crippen LogP contribution in [0.25, 0.3) is 11.3 Å². The molecular weight excluding hydrogens is 656 g/mol. The second-order valence-corrected chi connectivity index (χ2v) is 12.7. The molecule has 50 heavy (non-hydrogen) atoms. The van der Waals surface area contributed by atoms with Crippen molar-refractivity contribution in [1.29, 1.82) is 0 Å². The van der Waals surface area contributed by atoms with E-state index in [2.05, 4.69) is 4.98 Å². The fourth-order valence-corrected chi connectivity index (χ4v) is 5.92. The van der Waals surface area contributed by atoms with E-state index in [1.165, 1.54) is 50.4 Å². The summed E-state index contributed by atoms with van der Waals surface area (Å²) >= 11 is 0. The van der Waals surface area contributed by atoms with E-state index < -0.39 is 53.6 Å². The number of carbonyl (C=O) groups excluding carboxylic acids is 2. The summed E-state index contributed by atoms with van der Waals surface area (Å²) in [7, 11) is 1.33. The van der Waals surface area contributed by atoms with Crippen LogP contribution >= 0.6 is 0 Å². The average molecular weight is 695 g/mol. The molecule has 1 aromatic heterocycles. The number of alkyl halides is 3. The van der Waals surface area contributed by atoms with Crippen molar-refractivity contribution in [3.63, 3.8) is 0 Å². The van der Waals surface area contributed by atoms with Crippen molar-refractivity contribution in [2.24, 2.45) is 0 Å². The molecule has 4 aromatic rings. The zero-order valence-corrected chi connectivity index (χ0v) is 27.8. The Labute approximate surface area is 287 Å². The van der Waals surface area contributed by atoms with Gasteiger partial charge >= 0.3 is 6.18 Å². The first-order valence-electron chi connectivity index (χ1n) is 16.1. The zero-order chi connectivity index (χ0) is 36.3. The van der Waals surface area contributed by atoms with Gasteiger partial charge in [-0.05, 0) is 86.8 Å². The molecule has 5 rings (SSSR count). The number of benzene rings is 3. The first kappa shape index (κ1) is 36.6. The Bertz CT molecular complexity index is 1830. The monoisotopic (exact) mass is 694 g/mol. The third-order valence-electron chi connectivity index (χ3n) is 9.16. The van der Waals surface area contributed by atoms with Gasteiger partial charge in [-0.25, -0.2) is 9.37 Å². The zero-order valence-electron chi connectivity index (χ0n) is 27.8. The maximum absolute atomic E-state index is 14.9. The highest BCUT2D eigenvalue weighted by Gasteiger charge is 2.56. The van der Waals surface area contributed by atoms with E-state index in [0.717, 1.165) is 12.1 Å². The lowest BCUT2D eigenvalue weighted by Crippen LogP contribution is -2.57. The molecule has 1 saturated heterocycles. The van der Waals surface area contributed by atoms with Crippen LogP contribution < -0.4 is 9.47 Å². The predicted molar refractivity (Wildman–Crippen MR) is 178 cm³/mol. The van der Waals surface area contributed by atoms with Crippen LogP contribution in [0.2, 0.25) is 0 Å². The normalized spacial score (nSPS) is 18.1. The van der Waals surface area contributed by atoms with Crippen LogP contribution in [0.1, 0.15) is 65.1 Å². The summed E-state index contributed by atoms with van der Waals surface area (Å²) in [5, 5.41) is 21.0. The molecule has 2 unspecified atom stereocenters. The lowest BCUT2D eigenvalue weighted by molar-refractivity contribution is -0.270. The highest BCUT2D eigenvalue weighted by molar-refractivity contribution is 5.98. The fourth-order valence-electron chi connectivity index (χ4n) is 5.92. The van der Waals surface area contributed by atoms with Gasteiger partial charge < -0.3 is 19.7 Å². The third kappa shape index (κ3) is 7.72. The van der Waals surface area contributed by atoms with Crippen molar-refractivity contribution in [3.05, 3.63) is 113 Å². The van der Waals surface area contributed by atoms with Gasteiger partial charge in [-0.3, -0.25) is 14.5 Å². The molecule has 1 aliphatic heterocycles. The quantitative estimate of drug-likeness (QED) is 0.109. The number of ketones is 2. The van der Waals surface area contributed by atoms with Gasteiger partial charge in [0.15, 0.2) is 23.1 Å². The number of pyridine rings is 1.